The highest BCUT2D eigenvalue weighted by molar-refractivity contribution is 7.99. The van der Waals surface area contributed by atoms with E-state index in [4.69, 9.17) is 10.2 Å². The number of hydrogen-bond acceptors (Lipinski definition) is 4. The van der Waals surface area contributed by atoms with Gasteiger partial charge in [0.2, 0.25) is 0 Å². The summed E-state index contributed by atoms with van der Waals surface area (Å²) in [5, 5.41) is 0.688. The van der Waals surface area contributed by atoms with Crippen LogP contribution in [0.5, 0.6) is 0 Å². The molecule has 0 aliphatic carbocycles. The van der Waals surface area contributed by atoms with Gasteiger partial charge in [0.25, 0.3) is 5.22 Å². The SMILES string of the molecule is Cc1nc(Sc2ccc([C@@H](C)N)cc2)oc1C. The minimum atomic E-state index is 0.0697. The second kappa shape index (κ2) is 4.94. The van der Waals surface area contributed by atoms with Crippen molar-refractivity contribution in [3.63, 3.8) is 0 Å². The lowest BCUT2D eigenvalue weighted by Crippen LogP contribution is -2.04. The van der Waals surface area contributed by atoms with Crippen molar-refractivity contribution in [1.29, 1.82) is 0 Å². The average Bonchev–Trinajstić information content (AvgIpc) is 2.58. The smallest absolute Gasteiger partial charge is 0.260 e. The van der Waals surface area contributed by atoms with Gasteiger partial charge in [0.1, 0.15) is 5.76 Å². The maximum atomic E-state index is 5.80. The highest BCUT2D eigenvalue weighted by Crippen LogP contribution is 2.28. The summed E-state index contributed by atoms with van der Waals surface area (Å²) in [7, 11) is 0. The van der Waals surface area contributed by atoms with E-state index in [-0.39, 0.29) is 6.04 Å². The van der Waals surface area contributed by atoms with Crippen LogP contribution in [0.2, 0.25) is 0 Å². The topological polar surface area (TPSA) is 52.0 Å². The average molecular weight is 248 g/mol. The Hall–Kier alpha value is -1.26. The Morgan fingerprint density at radius 1 is 1.24 bits per heavy atom. The van der Waals surface area contributed by atoms with Crippen LogP contribution in [0.3, 0.4) is 0 Å². The van der Waals surface area contributed by atoms with Crippen molar-refractivity contribution in [3.05, 3.63) is 41.3 Å². The molecule has 0 aliphatic heterocycles. The van der Waals surface area contributed by atoms with E-state index >= 15 is 0 Å². The first-order valence-corrected chi connectivity index (χ1v) is 6.35. The number of rotatable bonds is 3. The molecule has 1 atom stereocenters. The van der Waals surface area contributed by atoms with E-state index in [1.807, 2.05) is 45.0 Å². The highest BCUT2D eigenvalue weighted by Gasteiger charge is 2.07. The predicted molar refractivity (Wildman–Crippen MR) is 69.1 cm³/mol. The second-order valence-electron chi connectivity index (χ2n) is 4.08. The number of hydrogen-bond donors (Lipinski definition) is 1. The fourth-order valence-electron chi connectivity index (χ4n) is 1.43. The van der Waals surface area contributed by atoms with Gasteiger partial charge in [-0.2, -0.15) is 0 Å². The van der Waals surface area contributed by atoms with Crippen molar-refractivity contribution < 1.29 is 4.42 Å². The molecule has 1 heterocycles. The van der Waals surface area contributed by atoms with Gasteiger partial charge in [0.15, 0.2) is 0 Å². The molecule has 2 N–H and O–H groups in total. The number of nitrogens with zero attached hydrogens (tertiary/aromatic N) is 1. The summed E-state index contributed by atoms with van der Waals surface area (Å²) in [5.41, 5.74) is 7.88. The van der Waals surface area contributed by atoms with Gasteiger partial charge in [0.05, 0.1) is 5.69 Å². The van der Waals surface area contributed by atoms with Crippen molar-refractivity contribution >= 4 is 11.8 Å². The van der Waals surface area contributed by atoms with Crippen LogP contribution in [-0.4, -0.2) is 4.98 Å². The lowest BCUT2D eigenvalue weighted by Gasteiger charge is -2.05. The molecule has 0 bridgehead atoms. The minimum Gasteiger partial charge on any atom is -0.436 e. The third-order valence-electron chi connectivity index (χ3n) is 2.62. The van der Waals surface area contributed by atoms with Gasteiger partial charge in [-0.3, -0.25) is 0 Å². The van der Waals surface area contributed by atoms with Crippen LogP contribution in [-0.2, 0) is 0 Å². The van der Waals surface area contributed by atoms with Crippen LogP contribution in [0, 0.1) is 13.8 Å². The number of nitrogens with two attached hydrogens (primary N) is 1. The second-order valence-corrected chi connectivity index (χ2v) is 5.11. The fraction of sp³-hybridized carbons (Fsp3) is 0.308. The fourth-order valence-corrected chi connectivity index (χ4v) is 2.25. The van der Waals surface area contributed by atoms with E-state index in [9.17, 15) is 0 Å². The first kappa shape index (κ1) is 12.2. The van der Waals surface area contributed by atoms with Crippen molar-refractivity contribution in [1.82, 2.24) is 4.98 Å². The van der Waals surface area contributed by atoms with Gasteiger partial charge >= 0.3 is 0 Å². The molecule has 0 fully saturated rings. The van der Waals surface area contributed by atoms with Gasteiger partial charge in [-0.15, -0.1) is 0 Å². The first-order chi connectivity index (χ1) is 8.06. The molecule has 0 aliphatic rings. The summed E-state index contributed by atoms with van der Waals surface area (Å²) in [6.45, 7) is 5.84. The Morgan fingerprint density at radius 2 is 1.88 bits per heavy atom. The molecule has 0 saturated carbocycles. The minimum absolute atomic E-state index is 0.0697. The van der Waals surface area contributed by atoms with Crippen molar-refractivity contribution in [3.8, 4) is 0 Å². The molecule has 0 radical (unpaired) electrons. The number of aryl methyl sites for hydroxylation is 2. The molecule has 0 saturated heterocycles. The standard InChI is InChI=1S/C13H16N2OS/c1-8(14)11-4-6-12(7-5-11)17-13-15-9(2)10(3)16-13/h4-8H,14H2,1-3H3/t8-/m1/s1. The first-order valence-electron chi connectivity index (χ1n) is 5.53. The van der Waals surface area contributed by atoms with Crippen LogP contribution in [0.1, 0.15) is 30.0 Å². The Balaban J connectivity index is 2.13. The summed E-state index contributed by atoms with van der Waals surface area (Å²) in [5.74, 6) is 0.875. The molecule has 1 aromatic heterocycles. The molecule has 90 valence electrons. The van der Waals surface area contributed by atoms with Crippen LogP contribution < -0.4 is 5.73 Å². The molecule has 0 spiro atoms. The lowest BCUT2D eigenvalue weighted by atomic mass is 10.1. The Kier molecular flexibility index (Phi) is 3.54. The van der Waals surface area contributed by atoms with E-state index < -0.39 is 0 Å². The molecule has 0 amide bonds. The summed E-state index contributed by atoms with van der Waals surface area (Å²) in [4.78, 5) is 5.44. The summed E-state index contributed by atoms with van der Waals surface area (Å²) >= 11 is 1.52. The lowest BCUT2D eigenvalue weighted by molar-refractivity contribution is 0.431. The molecule has 2 rings (SSSR count). The molecule has 17 heavy (non-hydrogen) atoms. The zero-order valence-corrected chi connectivity index (χ0v) is 11.0. The molecule has 0 unspecified atom stereocenters. The summed E-state index contributed by atoms with van der Waals surface area (Å²) < 4.78 is 5.52. The van der Waals surface area contributed by atoms with Gasteiger partial charge in [-0.05, 0) is 50.2 Å². The van der Waals surface area contributed by atoms with Crippen LogP contribution in [0.4, 0.5) is 0 Å². The molecule has 1 aromatic carbocycles. The van der Waals surface area contributed by atoms with E-state index in [0.717, 1.165) is 21.9 Å². The summed E-state index contributed by atoms with van der Waals surface area (Å²) in [6, 6.07) is 8.22. The van der Waals surface area contributed by atoms with E-state index in [1.165, 1.54) is 11.8 Å². The molecule has 3 nitrogen and oxygen atoms in total. The molecule has 4 heteroatoms. The van der Waals surface area contributed by atoms with Crippen molar-refractivity contribution in [2.45, 2.75) is 36.9 Å². The maximum Gasteiger partial charge on any atom is 0.260 e. The third kappa shape index (κ3) is 2.90. The molecular formula is C13H16N2OS. The number of aromatic nitrogens is 1. The van der Waals surface area contributed by atoms with Crippen LogP contribution >= 0.6 is 11.8 Å². The van der Waals surface area contributed by atoms with Gasteiger partial charge < -0.3 is 10.2 Å². The highest BCUT2D eigenvalue weighted by atomic mass is 32.2. The predicted octanol–water partition coefficient (Wildman–Crippen LogP) is 3.46. The zero-order chi connectivity index (χ0) is 12.4. The Bertz CT molecular complexity index is 483. The van der Waals surface area contributed by atoms with E-state index in [2.05, 4.69) is 4.98 Å². The maximum absolute atomic E-state index is 5.80. The quantitative estimate of drug-likeness (QED) is 0.903. The normalized spacial score (nSPS) is 12.7. The van der Waals surface area contributed by atoms with Crippen LogP contribution in [0.25, 0.3) is 0 Å². The van der Waals surface area contributed by atoms with Gasteiger partial charge in [0, 0.05) is 10.9 Å². The third-order valence-corrected chi connectivity index (χ3v) is 3.48. The van der Waals surface area contributed by atoms with E-state index in [0.29, 0.717) is 5.22 Å². The Morgan fingerprint density at radius 3 is 2.35 bits per heavy atom. The Labute approximate surface area is 105 Å². The van der Waals surface area contributed by atoms with Gasteiger partial charge in [-0.1, -0.05) is 12.1 Å². The van der Waals surface area contributed by atoms with Crippen molar-refractivity contribution in [2.24, 2.45) is 5.73 Å². The zero-order valence-electron chi connectivity index (χ0n) is 10.2. The molecule has 2 aromatic rings. The van der Waals surface area contributed by atoms with Crippen molar-refractivity contribution in [2.75, 3.05) is 0 Å². The largest absolute Gasteiger partial charge is 0.436 e. The number of benzene rings is 1. The molecular weight excluding hydrogens is 232 g/mol. The van der Waals surface area contributed by atoms with Crippen LogP contribution in [0.15, 0.2) is 38.8 Å². The van der Waals surface area contributed by atoms with E-state index in [1.54, 1.807) is 0 Å². The number of oxazole rings is 1. The summed E-state index contributed by atoms with van der Waals surface area (Å²) in [6.07, 6.45) is 0. The monoisotopic (exact) mass is 248 g/mol. The van der Waals surface area contributed by atoms with Gasteiger partial charge in [-0.25, -0.2) is 4.98 Å².